The van der Waals surface area contributed by atoms with Gasteiger partial charge in [-0.25, -0.2) is 0 Å². The molecule has 0 atom stereocenters. The Morgan fingerprint density at radius 1 is 1.26 bits per heavy atom. The van der Waals surface area contributed by atoms with E-state index in [-0.39, 0.29) is 5.54 Å². The van der Waals surface area contributed by atoms with E-state index in [0.717, 1.165) is 24.8 Å². The van der Waals surface area contributed by atoms with E-state index in [1.165, 1.54) is 30.4 Å². The van der Waals surface area contributed by atoms with E-state index in [2.05, 4.69) is 51.2 Å². The average Bonchev–Trinajstić information content (AvgIpc) is 2.26. The molecule has 0 aliphatic heterocycles. The Bertz CT molecular complexity index is 416. The van der Waals surface area contributed by atoms with E-state index in [9.17, 15) is 0 Å². The molecular formula is C17H27NO. The highest BCUT2D eigenvalue weighted by molar-refractivity contribution is 5.40. The van der Waals surface area contributed by atoms with Crippen LogP contribution in [0, 0.1) is 12.8 Å². The number of nitrogens with one attached hydrogen (secondary N) is 1. The fraction of sp³-hybridized carbons (Fsp3) is 0.647. The van der Waals surface area contributed by atoms with Gasteiger partial charge in [0.1, 0.15) is 5.75 Å². The molecule has 0 spiro atoms. The van der Waals surface area contributed by atoms with Crippen molar-refractivity contribution in [3.8, 4) is 5.75 Å². The van der Waals surface area contributed by atoms with Gasteiger partial charge in [-0.1, -0.05) is 24.6 Å². The van der Waals surface area contributed by atoms with Gasteiger partial charge in [-0.15, -0.1) is 0 Å². The monoisotopic (exact) mass is 261 g/mol. The second kappa shape index (κ2) is 5.96. The summed E-state index contributed by atoms with van der Waals surface area (Å²) in [5.41, 5.74) is 2.65. The van der Waals surface area contributed by atoms with E-state index >= 15 is 0 Å². The Balaban J connectivity index is 2.01. The molecule has 2 rings (SSSR count). The molecule has 0 unspecified atom stereocenters. The lowest BCUT2D eigenvalue weighted by molar-refractivity contribution is 0.178. The Morgan fingerprint density at radius 2 is 2.00 bits per heavy atom. The molecule has 1 aromatic carbocycles. The van der Waals surface area contributed by atoms with Crippen molar-refractivity contribution >= 4 is 0 Å². The van der Waals surface area contributed by atoms with Gasteiger partial charge in [-0.2, -0.15) is 0 Å². The van der Waals surface area contributed by atoms with Crippen LogP contribution in [0.1, 0.15) is 51.2 Å². The topological polar surface area (TPSA) is 21.3 Å². The van der Waals surface area contributed by atoms with Crippen molar-refractivity contribution in [3.05, 3.63) is 29.3 Å². The van der Waals surface area contributed by atoms with E-state index in [0.29, 0.717) is 0 Å². The van der Waals surface area contributed by atoms with E-state index < -0.39 is 0 Å². The number of hydrogen-bond donors (Lipinski definition) is 1. The van der Waals surface area contributed by atoms with Crippen LogP contribution in [0.3, 0.4) is 0 Å². The average molecular weight is 261 g/mol. The first-order valence-corrected chi connectivity index (χ1v) is 7.42. The molecule has 1 saturated carbocycles. The number of aryl methyl sites for hydroxylation is 1. The molecule has 1 aliphatic carbocycles. The van der Waals surface area contributed by atoms with Crippen LogP contribution in [0.5, 0.6) is 5.75 Å². The zero-order valence-corrected chi connectivity index (χ0v) is 12.8. The summed E-state index contributed by atoms with van der Waals surface area (Å²) >= 11 is 0. The summed E-state index contributed by atoms with van der Waals surface area (Å²) in [6.07, 6.45) is 4.04. The second-order valence-electron chi connectivity index (χ2n) is 6.77. The molecule has 0 saturated heterocycles. The number of ether oxygens (including phenoxy) is 1. The fourth-order valence-corrected chi connectivity index (χ4v) is 2.28. The lowest BCUT2D eigenvalue weighted by atomic mass is 9.86. The molecule has 0 radical (unpaired) electrons. The van der Waals surface area contributed by atoms with Crippen LogP contribution in [0.4, 0.5) is 0 Å². The molecule has 106 valence electrons. The third-order valence-electron chi connectivity index (χ3n) is 3.79. The summed E-state index contributed by atoms with van der Waals surface area (Å²) in [5, 5.41) is 3.54. The van der Waals surface area contributed by atoms with Crippen molar-refractivity contribution in [2.24, 2.45) is 5.92 Å². The minimum atomic E-state index is 0.134. The molecule has 1 N–H and O–H groups in total. The largest absolute Gasteiger partial charge is 0.493 e. The molecule has 19 heavy (non-hydrogen) atoms. The minimum Gasteiger partial charge on any atom is -0.493 e. The predicted molar refractivity (Wildman–Crippen MR) is 80.6 cm³/mol. The summed E-state index contributed by atoms with van der Waals surface area (Å²) in [4.78, 5) is 0. The predicted octanol–water partition coefficient (Wildman–Crippen LogP) is 4.06. The molecule has 0 amide bonds. The summed E-state index contributed by atoms with van der Waals surface area (Å²) in [5.74, 6) is 1.87. The van der Waals surface area contributed by atoms with Gasteiger partial charge in [0.05, 0.1) is 6.61 Å². The summed E-state index contributed by atoms with van der Waals surface area (Å²) in [6.45, 7) is 10.5. The highest BCUT2D eigenvalue weighted by Crippen LogP contribution is 2.29. The molecule has 0 heterocycles. The molecule has 1 fully saturated rings. The van der Waals surface area contributed by atoms with Gasteiger partial charge in [-0.05, 0) is 52.0 Å². The first-order valence-electron chi connectivity index (χ1n) is 7.42. The van der Waals surface area contributed by atoms with Gasteiger partial charge in [0.2, 0.25) is 0 Å². The molecule has 0 bridgehead atoms. The third-order valence-corrected chi connectivity index (χ3v) is 3.79. The summed E-state index contributed by atoms with van der Waals surface area (Å²) < 4.78 is 6.10. The van der Waals surface area contributed by atoms with Crippen molar-refractivity contribution in [1.29, 1.82) is 0 Å². The Hall–Kier alpha value is -1.02. The molecule has 1 aromatic rings. The van der Waals surface area contributed by atoms with E-state index in [4.69, 9.17) is 4.74 Å². The lowest BCUT2D eigenvalue weighted by Crippen LogP contribution is -2.35. The van der Waals surface area contributed by atoms with Gasteiger partial charge in [-0.3, -0.25) is 0 Å². The quantitative estimate of drug-likeness (QED) is 0.863. The highest BCUT2D eigenvalue weighted by atomic mass is 16.5. The fourth-order valence-electron chi connectivity index (χ4n) is 2.28. The van der Waals surface area contributed by atoms with Crippen molar-refractivity contribution < 1.29 is 4.74 Å². The first kappa shape index (κ1) is 14.4. The zero-order chi connectivity index (χ0) is 13.9. The van der Waals surface area contributed by atoms with Crippen molar-refractivity contribution in [3.63, 3.8) is 0 Å². The molecule has 0 aromatic heterocycles. The maximum atomic E-state index is 6.10. The highest BCUT2D eigenvalue weighted by Gasteiger charge is 2.19. The number of benzene rings is 1. The van der Waals surface area contributed by atoms with Gasteiger partial charge >= 0.3 is 0 Å². The maximum Gasteiger partial charge on any atom is 0.126 e. The van der Waals surface area contributed by atoms with Gasteiger partial charge in [0, 0.05) is 17.6 Å². The molecule has 2 nitrogen and oxygen atoms in total. The number of hydrogen-bond acceptors (Lipinski definition) is 2. The molecule has 1 aliphatic rings. The van der Waals surface area contributed by atoms with Crippen LogP contribution < -0.4 is 10.1 Å². The van der Waals surface area contributed by atoms with E-state index in [1.807, 2.05) is 0 Å². The Labute approximate surface area is 117 Å². The second-order valence-corrected chi connectivity index (χ2v) is 6.77. The maximum absolute atomic E-state index is 6.10. The van der Waals surface area contributed by atoms with E-state index in [1.54, 1.807) is 0 Å². The standard InChI is InChI=1S/C17H27NO/c1-13-7-5-10-15(11-18-17(2,3)4)16(13)19-12-14-8-6-9-14/h5,7,10,14,18H,6,8-9,11-12H2,1-4H3. The zero-order valence-electron chi connectivity index (χ0n) is 12.8. The van der Waals surface area contributed by atoms with Gasteiger partial charge in [0.15, 0.2) is 0 Å². The minimum absolute atomic E-state index is 0.134. The van der Waals surface area contributed by atoms with Crippen LogP contribution in [0.25, 0.3) is 0 Å². The van der Waals surface area contributed by atoms with Crippen LogP contribution in [-0.2, 0) is 6.54 Å². The molecule has 2 heteroatoms. The third kappa shape index (κ3) is 4.24. The van der Waals surface area contributed by atoms with Crippen molar-refractivity contribution in [2.45, 2.75) is 59.0 Å². The van der Waals surface area contributed by atoms with Crippen LogP contribution in [0.15, 0.2) is 18.2 Å². The number of para-hydroxylation sites is 1. The summed E-state index contributed by atoms with van der Waals surface area (Å²) in [7, 11) is 0. The lowest BCUT2D eigenvalue weighted by Gasteiger charge is -2.27. The number of rotatable bonds is 5. The van der Waals surface area contributed by atoms with Crippen molar-refractivity contribution in [2.75, 3.05) is 6.61 Å². The smallest absolute Gasteiger partial charge is 0.126 e. The normalized spacial score (nSPS) is 16.2. The molecular weight excluding hydrogens is 234 g/mol. The van der Waals surface area contributed by atoms with Crippen LogP contribution >= 0.6 is 0 Å². The first-order chi connectivity index (χ1) is 8.96. The van der Waals surface area contributed by atoms with Crippen LogP contribution in [-0.4, -0.2) is 12.1 Å². The van der Waals surface area contributed by atoms with Gasteiger partial charge in [0.25, 0.3) is 0 Å². The summed E-state index contributed by atoms with van der Waals surface area (Å²) in [6, 6.07) is 6.42. The Kier molecular flexibility index (Phi) is 4.51. The van der Waals surface area contributed by atoms with Gasteiger partial charge < -0.3 is 10.1 Å². The Morgan fingerprint density at radius 3 is 2.58 bits per heavy atom. The SMILES string of the molecule is Cc1cccc(CNC(C)(C)C)c1OCC1CCC1. The van der Waals surface area contributed by atoms with Crippen molar-refractivity contribution in [1.82, 2.24) is 5.32 Å². The van der Waals surface area contributed by atoms with Crippen LogP contribution in [0.2, 0.25) is 0 Å².